The van der Waals surface area contributed by atoms with Gasteiger partial charge in [-0.2, -0.15) is 4.89 Å². The largest absolute Gasteiger partial charge is 0.478 e. The molecular formula is C19H30O4. The third-order valence-corrected chi connectivity index (χ3v) is 3.84. The summed E-state index contributed by atoms with van der Waals surface area (Å²) in [4.78, 5) is 21.0. The number of aromatic carboxylic acids is 1. The molecule has 0 fully saturated rings. The van der Waals surface area contributed by atoms with Gasteiger partial charge < -0.3 is 9.99 Å². The van der Waals surface area contributed by atoms with E-state index in [0.717, 1.165) is 12.8 Å². The summed E-state index contributed by atoms with van der Waals surface area (Å²) >= 11 is 0. The van der Waals surface area contributed by atoms with Gasteiger partial charge in [0.05, 0.1) is 12.2 Å². The molecule has 0 aliphatic heterocycles. The van der Waals surface area contributed by atoms with Crippen LogP contribution in [0.1, 0.15) is 81.5 Å². The van der Waals surface area contributed by atoms with Crippen molar-refractivity contribution in [2.45, 2.75) is 71.1 Å². The predicted molar refractivity (Wildman–Crippen MR) is 91.8 cm³/mol. The molecule has 0 unspecified atom stereocenters. The molecule has 0 saturated heterocycles. The standard InChI is InChI=1S/C19H30O4/c1-2-3-4-5-6-7-8-9-10-11-16-22-23-18-14-12-17(13-15-18)19(20)21/h12-15H,2-11,16H2,1H3,(H,20,21). The number of hydrogen-bond acceptors (Lipinski definition) is 3. The van der Waals surface area contributed by atoms with Gasteiger partial charge in [0, 0.05) is 0 Å². The van der Waals surface area contributed by atoms with E-state index in [4.69, 9.17) is 14.9 Å². The van der Waals surface area contributed by atoms with Gasteiger partial charge in [-0.3, -0.25) is 0 Å². The number of rotatable bonds is 14. The maximum atomic E-state index is 10.7. The minimum Gasteiger partial charge on any atom is -0.478 e. The monoisotopic (exact) mass is 322 g/mol. The van der Waals surface area contributed by atoms with E-state index in [0.29, 0.717) is 12.4 Å². The number of unbranched alkanes of at least 4 members (excludes halogenated alkanes) is 9. The first-order valence-electron chi connectivity index (χ1n) is 8.87. The van der Waals surface area contributed by atoms with Crippen LogP contribution in [0.15, 0.2) is 24.3 Å². The molecule has 4 nitrogen and oxygen atoms in total. The summed E-state index contributed by atoms with van der Waals surface area (Å²) in [6.07, 6.45) is 12.9. The van der Waals surface area contributed by atoms with Gasteiger partial charge in [-0.1, -0.05) is 64.7 Å². The highest BCUT2D eigenvalue weighted by molar-refractivity contribution is 5.87. The molecule has 1 aromatic rings. The van der Waals surface area contributed by atoms with Crippen molar-refractivity contribution in [3.8, 4) is 5.75 Å². The Kier molecular flexibility index (Phi) is 11.0. The number of carbonyl (C=O) groups is 1. The average molecular weight is 322 g/mol. The lowest BCUT2D eigenvalue weighted by atomic mass is 10.1. The normalized spacial score (nSPS) is 10.7. The smallest absolute Gasteiger partial charge is 0.335 e. The number of benzene rings is 1. The van der Waals surface area contributed by atoms with Crippen molar-refractivity contribution in [3.05, 3.63) is 29.8 Å². The molecule has 0 aromatic heterocycles. The molecule has 0 saturated carbocycles. The third kappa shape index (κ3) is 9.95. The Bertz CT molecular complexity index is 414. The lowest BCUT2D eigenvalue weighted by Crippen LogP contribution is -2.00. The average Bonchev–Trinajstić information content (AvgIpc) is 2.56. The second kappa shape index (κ2) is 12.9. The Labute approximate surface area is 139 Å². The van der Waals surface area contributed by atoms with E-state index in [-0.39, 0.29) is 5.56 Å². The highest BCUT2D eigenvalue weighted by Crippen LogP contribution is 2.13. The van der Waals surface area contributed by atoms with Crippen molar-refractivity contribution >= 4 is 5.97 Å². The number of carboxylic acid groups (broad SMARTS) is 1. The number of carboxylic acids is 1. The van der Waals surface area contributed by atoms with Crippen LogP contribution in [-0.4, -0.2) is 17.7 Å². The van der Waals surface area contributed by atoms with Gasteiger partial charge in [0.2, 0.25) is 0 Å². The highest BCUT2D eigenvalue weighted by atomic mass is 17.2. The van der Waals surface area contributed by atoms with Crippen LogP contribution in [0.2, 0.25) is 0 Å². The fourth-order valence-corrected chi connectivity index (χ4v) is 2.41. The van der Waals surface area contributed by atoms with Gasteiger partial charge in [-0.05, 0) is 30.7 Å². The fourth-order valence-electron chi connectivity index (χ4n) is 2.41. The summed E-state index contributed by atoms with van der Waals surface area (Å²) in [5.74, 6) is -0.412. The van der Waals surface area contributed by atoms with E-state index in [2.05, 4.69) is 6.92 Å². The van der Waals surface area contributed by atoms with Crippen molar-refractivity contribution in [2.75, 3.05) is 6.61 Å². The van der Waals surface area contributed by atoms with Crippen molar-refractivity contribution in [1.29, 1.82) is 0 Å². The molecule has 0 amide bonds. The van der Waals surface area contributed by atoms with Crippen LogP contribution in [0.5, 0.6) is 5.75 Å². The lowest BCUT2D eigenvalue weighted by Gasteiger charge is -2.05. The third-order valence-electron chi connectivity index (χ3n) is 3.84. The van der Waals surface area contributed by atoms with E-state index >= 15 is 0 Å². The van der Waals surface area contributed by atoms with Gasteiger partial charge in [-0.15, -0.1) is 0 Å². The molecule has 1 rings (SSSR count). The Morgan fingerprint density at radius 2 is 1.39 bits per heavy atom. The van der Waals surface area contributed by atoms with Crippen LogP contribution in [0.3, 0.4) is 0 Å². The van der Waals surface area contributed by atoms with E-state index in [1.165, 1.54) is 63.5 Å². The zero-order valence-electron chi connectivity index (χ0n) is 14.3. The fraction of sp³-hybridized carbons (Fsp3) is 0.632. The summed E-state index contributed by atoms with van der Waals surface area (Å²) in [5.41, 5.74) is 0.243. The summed E-state index contributed by atoms with van der Waals surface area (Å²) < 4.78 is 0. The molecule has 0 spiro atoms. The Balaban J connectivity index is 1.90. The molecule has 130 valence electrons. The van der Waals surface area contributed by atoms with Crippen LogP contribution in [0, 0.1) is 0 Å². The van der Waals surface area contributed by atoms with Crippen LogP contribution in [0.25, 0.3) is 0 Å². The van der Waals surface area contributed by atoms with Crippen LogP contribution in [0.4, 0.5) is 0 Å². The molecule has 0 aliphatic carbocycles. The van der Waals surface area contributed by atoms with Crippen molar-refractivity contribution in [2.24, 2.45) is 0 Å². The van der Waals surface area contributed by atoms with Crippen LogP contribution < -0.4 is 4.89 Å². The van der Waals surface area contributed by atoms with Crippen molar-refractivity contribution in [1.82, 2.24) is 0 Å². The first-order valence-corrected chi connectivity index (χ1v) is 8.87. The van der Waals surface area contributed by atoms with Gasteiger partial charge in [-0.25, -0.2) is 4.79 Å². The zero-order chi connectivity index (χ0) is 16.8. The first-order chi connectivity index (χ1) is 11.2. The maximum Gasteiger partial charge on any atom is 0.335 e. The summed E-state index contributed by atoms with van der Waals surface area (Å²) in [5, 5.41) is 8.79. The molecule has 1 N–H and O–H groups in total. The molecule has 1 aromatic carbocycles. The first kappa shape index (κ1) is 19.5. The van der Waals surface area contributed by atoms with Gasteiger partial charge in [0.1, 0.15) is 0 Å². The maximum absolute atomic E-state index is 10.7. The molecule has 0 aliphatic rings. The van der Waals surface area contributed by atoms with Crippen molar-refractivity contribution in [3.63, 3.8) is 0 Å². The van der Waals surface area contributed by atoms with E-state index < -0.39 is 5.97 Å². The zero-order valence-corrected chi connectivity index (χ0v) is 14.3. The summed E-state index contributed by atoms with van der Waals surface area (Å²) in [6.45, 7) is 2.81. The minimum atomic E-state index is -0.942. The van der Waals surface area contributed by atoms with E-state index in [1.807, 2.05) is 0 Å². The minimum absolute atomic E-state index is 0.243. The molecule has 0 radical (unpaired) electrons. The summed E-state index contributed by atoms with van der Waals surface area (Å²) in [6, 6.07) is 6.20. The van der Waals surface area contributed by atoms with Crippen LogP contribution in [-0.2, 0) is 4.89 Å². The number of hydrogen-bond donors (Lipinski definition) is 1. The van der Waals surface area contributed by atoms with E-state index in [1.54, 1.807) is 12.1 Å². The second-order valence-corrected chi connectivity index (χ2v) is 5.92. The summed E-state index contributed by atoms with van der Waals surface area (Å²) in [7, 11) is 0. The second-order valence-electron chi connectivity index (χ2n) is 5.92. The molecule has 0 atom stereocenters. The lowest BCUT2D eigenvalue weighted by molar-refractivity contribution is -0.207. The molecule has 23 heavy (non-hydrogen) atoms. The van der Waals surface area contributed by atoms with E-state index in [9.17, 15) is 4.79 Å². The van der Waals surface area contributed by atoms with Gasteiger partial charge in [0.15, 0.2) is 5.75 Å². The molecule has 0 bridgehead atoms. The Morgan fingerprint density at radius 3 is 1.91 bits per heavy atom. The highest BCUT2D eigenvalue weighted by Gasteiger charge is 2.02. The van der Waals surface area contributed by atoms with Crippen molar-refractivity contribution < 1.29 is 19.7 Å². The topological polar surface area (TPSA) is 55.8 Å². The molecular weight excluding hydrogens is 292 g/mol. The van der Waals surface area contributed by atoms with Crippen LogP contribution >= 0.6 is 0 Å². The Morgan fingerprint density at radius 1 is 0.870 bits per heavy atom. The quantitative estimate of drug-likeness (QED) is 0.274. The molecule has 0 heterocycles. The molecule has 4 heteroatoms. The van der Waals surface area contributed by atoms with Gasteiger partial charge >= 0.3 is 5.97 Å². The van der Waals surface area contributed by atoms with Gasteiger partial charge in [0.25, 0.3) is 0 Å². The Hall–Kier alpha value is -1.55. The predicted octanol–water partition coefficient (Wildman–Crippen LogP) is 5.62. The SMILES string of the molecule is CCCCCCCCCCCCOOc1ccc(C(=O)O)cc1.